The number of Topliss-reactive ketones (excluding diaryl/α,β-unsaturated/α-hetero) is 1. The number of ketones is 1. The summed E-state index contributed by atoms with van der Waals surface area (Å²) in [5.41, 5.74) is 3.79. The monoisotopic (exact) mass is 325 g/mol. The van der Waals surface area contributed by atoms with Crippen LogP contribution >= 0.6 is 0 Å². The van der Waals surface area contributed by atoms with Crippen LogP contribution in [0.25, 0.3) is 6.08 Å². The molecule has 0 spiro atoms. The van der Waals surface area contributed by atoms with E-state index in [0.717, 1.165) is 11.3 Å². The lowest BCUT2D eigenvalue weighted by molar-refractivity contribution is 0.0519. The minimum atomic E-state index is -0.435. The third kappa shape index (κ3) is 2.85. The highest BCUT2D eigenvalue weighted by atomic mass is 16.5. The van der Waals surface area contributed by atoms with E-state index in [0.29, 0.717) is 41.8 Å². The Morgan fingerprint density at radius 1 is 1.38 bits per heavy atom. The highest BCUT2D eigenvalue weighted by Crippen LogP contribution is 2.31. The zero-order valence-corrected chi connectivity index (χ0v) is 13.7. The first-order valence-corrected chi connectivity index (χ1v) is 7.94. The number of H-pyrrole nitrogens is 1. The van der Waals surface area contributed by atoms with Crippen LogP contribution in [0.5, 0.6) is 5.75 Å². The van der Waals surface area contributed by atoms with Crippen LogP contribution < -0.4 is 0 Å². The molecule has 0 bridgehead atoms. The lowest BCUT2D eigenvalue weighted by Crippen LogP contribution is -2.14. The molecular weight excluding hydrogens is 306 g/mol. The largest absolute Gasteiger partial charge is 0.508 e. The van der Waals surface area contributed by atoms with Gasteiger partial charge in [0.15, 0.2) is 5.78 Å². The number of phenolic OH excluding ortho intramolecular Hbond substituents is 1. The molecule has 0 saturated carbocycles. The number of hydrogen-bond donors (Lipinski definition) is 2. The number of rotatable bonds is 3. The van der Waals surface area contributed by atoms with E-state index in [4.69, 9.17) is 4.74 Å². The van der Waals surface area contributed by atoms with Gasteiger partial charge in [-0.3, -0.25) is 4.79 Å². The second-order valence-electron chi connectivity index (χ2n) is 5.79. The Morgan fingerprint density at radius 3 is 2.88 bits per heavy atom. The zero-order valence-electron chi connectivity index (χ0n) is 13.7. The maximum atomic E-state index is 12.8. The van der Waals surface area contributed by atoms with Crippen LogP contribution in [0.15, 0.2) is 29.8 Å². The van der Waals surface area contributed by atoms with Crippen molar-refractivity contribution in [3.8, 4) is 5.75 Å². The van der Waals surface area contributed by atoms with Gasteiger partial charge in [-0.2, -0.15) is 0 Å². The molecule has 1 aliphatic carbocycles. The fourth-order valence-electron chi connectivity index (χ4n) is 3.05. The van der Waals surface area contributed by atoms with Crippen molar-refractivity contribution in [2.75, 3.05) is 6.61 Å². The molecule has 0 aliphatic heterocycles. The van der Waals surface area contributed by atoms with Gasteiger partial charge >= 0.3 is 5.97 Å². The Labute approximate surface area is 140 Å². The topological polar surface area (TPSA) is 79.4 Å². The summed E-state index contributed by atoms with van der Waals surface area (Å²) < 4.78 is 5.03. The first kappa shape index (κ1) is 16.1. The average Bonchev–Trinajstić information content (AvgIpc) is 2.88. The number of allylic oxidation sites excluding steroid dienone is 1. The molecule has 124 valence electrons. The van der Waals surface area contributed by atoms with Gasteiger partial charge in [-0.1, -0.05) is 12.1 Å². The maximum absolute atomic E-state index is 12.8. The van der Waals surface area contributed by atoms with Gasteiger partial charge < -0.3 is 14.8 Å². The van der Waals surface area contributed by atoms with Gasteiger partial charge in [-0.05, 0) is 56.0 Å². The smallest absolute Gasteiger partial charge is 0.355 e. The molecular formula is C19H19NO4. The summed E-state index contributed by atoms with van der Waals surface area (Å²) in [5.74, 6) is -0.352. The van der Waals surface area contributed by atoms with Gasteiger partial charge in [0.05, 0.1) is 6.61 Å². The van der Waals surface area contributed by atoms with E-state index in [-0.39, 0.29) is 11.5 Å². The molecule has 1 aliphatic rings. The molecule has 1 heterocycles. The first-order valence-electron chi connectivity index (χ1n) is 7.94. The molecule has 5 heteroatoms. The third-order valence-corrected chi connectivity index (χ3v) is 4.18. The van der Waals surface area contributed by atoms with Gasteiger partial charge in [0.2, 0.25) is 0 Å². The van der Waals surface area contributed by atoms with Crippen molar-refractivity contribution in [1.82, 2.24) is 4.98 Å². The molecule has 0 unspecified atom stereocenters. The molecule has 0 atom stereocenters. The molecule has 3 rings (SSSR count). The van der Waals surface area contributed by atoms with E-state index >= 15 is 0 Å². The summed E-state index contributed by atoms with van der Waals surface area (Å²) in [6.07, 6.45) is 3.04. The number of carbonyl (C=O) groups excluding carboxylic acids is 2. The van der Waals surface area contributed by atoms with Crippen LogP contribution in [0.2, 0.25) is 0 Å². The predicted octanol–water partition coefficient (Wildman–Crippen LogP) is 3.42. The second kappa shape index (κ2) is 6.35. The summed E-state index contributed by atoms with van der Waals surface area (Å²) in [6.45, 7) is 3.80. The number of hydrogen-bond acceptors (Lipinski definition) is 4. The van der Waals surface area contributed by atoms with Crippen LogP contribution in [-0.2, 0) is 11.2 Å². The molecule has 24 heavy (non-hydrogen) atoms. The standard InChI is InChI=1S/C19H19NO4/c1-3-24-19(23)17-11(2)16-15(20-17)8-7-13(18(16)22)9-12-5-4-6-14(21)10-12/h4-6,9-10,20-21H,3,7-8H2,1-2H3/b13-9+. The van der Waals surface area contributed by atoms with Crippen molar-refractivity contribution >= 4 is 17.8 Å². The van der Waals surface area contributed by atoms with Gasteiger partial charge in [0, 0.05) is 16.8 Å². The van der Waals surface area contributed by atoms with E-state index in [1.54, 1.807) is 38.1 Å². The molecule has 2 N–H and O–H groups in total. The molecule has 0 radical (unpaired) electrons. The minimum Gasteiger partial charge on any atom is -0.508 e. The molecule has 1 aromatic carbocycles. The second-order valence-corrected chi connectivity index (χ2v) is 5.79. The lowest BCUT2D eigenvalue weighted by Gasteiger charge is -2.14. The van der Waals surface area contributed by atoms with Crippen molar-refractivity contribution in [3.63, 3.8) is 0 Å². The number of carbonyl (C=O) groups is 2. The number of aromatic nitrogens is 1. The molecule has 0 amide bonds. The minimum absolute atomic E-state index is 0.0797. The Morgan fingerprint density at radius 2 is 2.17 bits per heavy atom. The van der Waals surface area contributed by atoms with Crippen molar-refractivity contribution in [1.29, 1.82) is 0 Å². The van der Waals surface area contributed by atoms with Crippen LogP contribution in [0.3, 0.4) is 0 Å². The highest BCUT2D eigenvalue weighted by molar-refractivity contribution is 6.15. The van der Waals surface area contributed by atoms with Crippen LogP contribution in [0.1, 0.15) is 51.0 Å². The SMILES string of the molecule is CCOC(=O)c1[nH]c2c(c1C)C(=O)/C(=C/c1cccc(O)c1)CC2. The molecule has 2 aromatic rings. The number of benzene rings is 1. The average molecular weight is 325 g/mol. The highest BCUT2D eigenvalue weighted by Gasteiger charge is 2.29. The molecule has 0 saturated heterocycles. The molecule has 0 fully saturated rings. The number of aryl methyl sites for hydroxylation is 1. The van der Waals surface area contributed by atoms with E-state index in [9.17, 15) is 14.7 Å². The number of phenols is 1. The number of aromatic amines is 1. The summed E-state index contributed by atoms with van der Waals surface area (Å²) >= 11 is 0. The Kier molecular flexibility index (Phi) is 4.25. The Hall–Kier alpha value is -2.82. The maximum Gasteiger partial charge on any atom is 0.355 e. The van der Waals surface area contributed by atoms with Crippen LogP contribution in [0.4, 0.5) is 0 Å². The summed E-state index contributed by atoms with van der Waals surface area (Å²) in [4.78, 5) is 27.9. The van der Waals surface area contributed by atoms with E-state index in [2.05, 4.69) is 4.98 Å². The fraction of sp³-hybridized carbons (Fsp3) is 0.263. The number of ether oxygens (including phenoxy) is 1. The number of aromatic hydroxyl groups is 1. The van der Waals surface area contributed by atoms with Gasteiger partial charge in [-0.15, -0.1) is 0 Å². The van der Waals surface area contributed by atoms with Crippen molar-refractivity contribution in [2.24, 2.45) is 0 Å². The van der Waals surface area contributed by atoms with E-state index < -0.39 is 5.97 Å². The Balaban J connectivity index is 1.97. The van der Waals surface area contributed by atoms with Crippen molar-refractivity contribution < 1.29 is 19.4 Å². The number of nitrogens with one attached hydrogen (secondary N) is 1. The zero-order chi connectivity index (χ0) is 17.3. The van der Waals surface area contributed by atoms with Crippen LogP contribution in [0, 0.1) is 6.92 Å². The summed E-state index contributed by atoms with van der Waals surface area (Å²) in [6, 6.07) is 6.78. The van der Waals surface area contributed by atoms with Crippen LogP contribution in [-0.4, -0.2) is 28.4 Å². The van der Waals surface area contributed by atoms with Gasteiger partial charge in [0.1, 0.15) is 11.4 Å². The van der Waals surface area contributed by atoms with Crippen molar-refractivity contribution in [3.05, 3.63) is 57.9 Å². The lowest BCUT2D eigenvalue weighted by atomic mass is 9.88. The van der Waals surface area contributed by atoms with E-state index in [1.807, 2.05) is 6.07 Å². The van der Waals surface area contributed by atoms with Crippen molar-refractivity contribution in [2.45, 2.75) is 26.7 Å². The molecule has 5 nitrogen and oxygen atoms in total. The quantitative estimate of drug-likeness (QED) is 0.669. The number of esters is 1. The van der Waals surface area contributed by atoms with E-state index in [1.165, 1.54) is 0 Å². The van der Waals surface area contributed by atoms with Gasteiger partial charge in [-0.25, -0.2) is 4.79 Å². The fourth-order valence-corrected chi connectivity index (χ4v) is 3.05. The summed E-state index contributed by atoms with van der Waals surface area (Å²) in [5, 5.41) is 9.55. The molecule has 1 aromatic heterocycles. The number of fused-ring (bicyclic) bond motifs is 1. The predicted molar refractivity (Wildman–Crippen MR) is 90.2 cm³/mol. The third-order valence-electron chi connectivity index (χ3n) is 4.18. The normalized spacial score (nSPS) is 15.4. The van der Waals surface area contributed by atoms with Gasteiger partial charge in [0.25, 0.3) is 0 Å². The Bertz CT molecular complexity index is 845. The first-order chi connectivity index (χ1) is 11.5. The summed E-state index contributed by atoms with van der Waals surface area (Å²) in [7, 11) is 0.